The Labute approximate surface area is 205 Å². The van der Waals surface area contributed by atoms with Crippen molar-refractivity contribution in [3.05, 3.63) is 50.6 Å². The third kappa shape index (κ3) is 5.87. The fourth-order valence-corrected chi connectivity index (χ4v) is 5.21. The first-order valence-electron chi connectivity index (χ1n) is 10.2. The zero-order chi connectivity index (χ0) is 24.1. The molecule has 1 aromatic carbocycles. The standard InChI is InChI=1S/C22H25ClN4O4S2/c1-6-14-13(3)33-20(19(14)21(29)30-5)24-18(28)11-32-22-26-25-17(27(22)4)10-31-16-9-12(2)7-8-15(16)23/h7-9H,6,10-11H2,1-5H3,(H,24,28). The number of carbonyl (C=O) groups is 2. The molecule has 176 valence electrons. The van der Waals surface area contributed by atoms with E-state index in [0.717, 1.165) is 16.0 Å². The van der Waals surface area contributed by atoms with Gasteiger partial charge in [0.1, 0.15) is 17.4 Å². The molecule has 2 heterocycles. The Balaban J connectivity index is 1.62. The molecule has 1 N–H and O–H groups in total. The number of rotatable bonds is 9. The number of nitrogens with zero attached hydrogens (tertiary/aromatic N) is 3. The van der Waals surface area contributed by atoms with Crippen molar-refractivity contribution in [2.24, 2.45) is 7.05 Å². The van der Waals surface area contributed by atoms with Gasteiger partial charge in [0.15, 0.2) is 11.0 Å². The molecule has 0 atom stereocenters. The van der Waals surface area contributed by atoms with E-state index >= 15 is 0 Å². The van der Waals surface area contributed by atoms with Gasteiger partial charge in [0.2, 0.25) is 5.91 Å². The predicted octanol–water partition coefficient (Wildman–Crippen LogP) is 4.81. The van der Waals surface area contributed by atoms with Crippen molar-refractivity contribution in [3.63, 3.8) is 0 Å². The van der Waals surface area contributed by atoms with Gasteiger partial charge in [0.05, 0.1) is 23.4 Å². The molecule has 0 fully saturated rings. The molecule has 33 heavy (non-hydrogen) atoms. The summed E-state index contributed by atoms with van der Waals surface area (Å²) in [5.74, 6) is 0.583. The summed E-state index contributed by atoms with van der Waals surface area (Å²) < 4.78 is 12.5. The van der Waals surface area contributed by atoms with Gasteiger partial charge >= 0.3 is 5.97 Å². The van der Waals surface area contributed by atoms with Gasteiger partial charge in [-0.2, -0.15) is 0 Å². The summed E-state index contributed by atoms with van der Waals surface area (Å²) >= 11 is 8.79. The van der Waals surface area contributed by atoms with Gasteiger partial charge < -0.3 is 19.4 Å². The number of halogens is 1. The van der Waals surface area contributed by atoms with E-state index in [9.17, 15) is 9.59 Å². The number of methoxy groups -OCH3 is 1. The molecule has 0 aliphatic carbocycles. The molecule has 0 saturated heterocycles. The first kappa shape index (κ1) is 25.1. The minimum absolute atomic E-state index is 0.107. The molecule has 0 spiro atoms. The average molecular weight is 509 g/mol. The quantitative estimate of drug-likeness (QED) is 0.327. The number of esters is 1. The third-order valence-electron chi connectivity index (χ3n) is 4.91. The second-order valence-electron chi connectivity index (χ2n) is 7.20. The van der Waals surface area contributed by atoms with Crippen molar-refractivity contribution >= 4 is 51.6 Å². The molecule has 0 unspecified atom stereocenters. The number of hydrogen-bond acceptors (Lipinski definition) is 8. The highest BCUT2D eigenvalue weighted by Gasteiger charge is 2.23. The van der Waals surface area contributed by atoms with E-state index in [4.69, 9.17) is 21.1 Å². The van der Waals surface area contributed by atoms with E-state index in [1.54, 1.807) is 10.6 Å². The molecular weight excluding hydrogens is 484 g/mol. The number of thiophene rings is 1. The molecule has 3 aromatic rings. The molecule has 0 bridgehead atoms. The highest BCUT2D eigenvalue weighted by atomic mass is 35.5. The summed E-state index contributed by atoms with van der Waals surface area (Å²) in [7, 11) is 3.14. The zero-order valence-corrected chi connectivity index (χ0v) is 21.4. The molecule has 11 heteroatoms. The topological polar surface area (TPSA) is 95.3 Å². The number of benzene rings is 1. The summed E-state index contributed by atoms with van der Waals surface area (Å²) in [6.07, 6.45) is 0.676. The summed E-state index contributed by atoms with van der Waals surface area (Å²) in [5.41, 5.74) is 2.35. The Morgan fingerprint density at radius 2 is 2.03 bits per heavy atom. The fraction of sp³-hybridized carbons (Fsp3) is 0.364. The molecular formula is C22H25ClN4O4S2. The Morgan fingerprint density at radius 1 is 1.27 bits per heavy atom. The van der Waals surface area contributed by atoms with Crippen LogP contribution in [-0.2, 0) is 29.6 Å². The summed E-state index contributed by atoms with van der Waals surface area (Å²) in [6.45, 7) is 6.04. The number of aryl methyl sites for hydroxylation is 2. The van der Waals surface area contributed by atoms with E-state index in [2.05, 4.69) is 15.5 Å². The van der Waals surface area contributed by atoms with Crippen LogP contribution in [0.2, 0.25) is 5.02 Å². The highest BCUT2D eigenvalue weighted by molar-refractivity contribution is 7.99. The Bertz CT molecular complexity index is 1180. The van der Waals surface area contributed by atoms with E-state index < -0.39 is 5.97 Å². The van der Waals surface area contributed by atoms with Crippen LogP contribution in [0, 0.1) is 13.8 Å². The Kier molecular flexibility index (Phi) is 8.39. The van der Waals surface area contributed by atoms with E-state index in [-0.39, 0.29) is 18.3 Å². The van der Waals surface area contributed by atoms with Gasteiger partial charge in [-0.25, -0.2) is 4.79 Å². The van der Waals surface area contributed by atoms with E-state index in [1.807, 2.05) is 40.0 Å². The van der Waals surface area contributed by atoms with E-state index in [0.29, 0.717) is 38.7 Å². The number of ether oxygens (including phenoxy) is 2. The van der Waals surface area contributed by atoms with Gasteiger partial charge in [0, 0.05) is 11.9 Å². The summed E-state index contributed by atoms with van der Waals surface area (Å²) in [6, 6.07) is 5.55. The average Bonchev–Trinajstić information content (AvgIpc) is 3.30. The second-order valence-corrected chi connectivity index (χ2v) is 9.78. The van der Waals surface area contributed by atoms with Gasteiger partial charge in [-0.1, -0.05) is 36.4 Å². The molecule has 0 aliphatic heterocycles. The van der Waals surface area contributed by atoms with Crippen molar-refractivity contribution in [2.45, 2.75) is 39.0 Å². The minimum Gasteiger partial charge on any atom is -0.484 e. The van der Waals surface area contributed by atoms with Gasteiger partial charge in [-0.05, 0) is 43.5 Å². The minimum atomic E-state index is -0.453. The number of thioether (sulfide) groups is 1. The monoisotopic (exact) mass is 508 g/mol. The SMILES string of the molecule is CCc1c(C)sc(NC(=O)CSc2nnc(COc3cc(C)ccc3Cl)n2C)c1C(=O)OC. The fourth-order valence-electron chi connectivity index (χ4n) is 3.16. The van der Waals surface area contributed by atoms with Crippen molar-refractivity contribution in [3.8, 4) is 5.75 Å². The van der Waals surface area contributed by atoms with Crippen LogP contribution >= 0.6 is 34.7 Å². The summed E-state index contributed by atoms with van der Waals surface area (Å²) in [5, 5.41) is 12.7. The number of anilines is 1. The lowest BCUT2D eigenvalue weighted by molar-refractivity contribution is -0.113. The van der Waals surface area contributed by atoms with Crippen molar-refractivity contribution < 1.29 is 19.1 Å². The molecule has 8 nitrogen and oxygen atoms in total. The molecule has 0 radical (unpaired) electrons. The molecule has 3 rings (SSSR count). The molecule has 0 saturated carbocycles. The van der Waals surface area contributed by atoms with Crippen LogP contribution < -0.4 is 10.1 Å². The van der Waals surface area contributed by atoms with Crippen LogP contribution in [0.15, 0.2) is 23.4 Å². The smallest absolute Gasteiger partial charge is 0.341 e. The van der Waals surface area contributed by atoms with Crippen LogP contribution in [0.1, 0.15) is 39.1 Å². The van der Waals surface area contributed by atoms with Gasteiger partial charge in [0.25, 0.3) is 0 Å². The largest absolute Gasteiger partial charge is 0.484 e. The maximum atomic E-state index is 12.6. The van der Waals surface area contributed by atoms with Gasteiger partial charge in [-0.3, -0.25) is 4.79 Å². The molecule has 2 aromatic heterocycles. The number of carbonyl (C=O) groups excluding carboxylic acids is 2. The first-order valence-corrected chi connectivity index (χ1v) is 12.3. The third-order valence-corrected chi connectivity index (χ3v) is 7.30. The Morgan fingerprint density at radius 3 is 2.73 bits per heavy atom. The van der Waals surface area contributed by atoms with Crippen LogP contribution in [0.3, 0.4) is 0 Å². The maximum absolute atomic E-state index is 12.6. The lowest BCUT2D eigenvalue weighted by atomic mass is 10.1. The van der Waals surface area contributed by atoms with Crippen LogP contribution in [0.5, 0.6) is 5.75 Å². The summed E-state index contributed by atoms with van der Waals surface area (Å²) in [4.78, 5) is 25.8. The second kappa shape index (κ2) is 11.0. The lowest BCUT2D eigenvalue weighted by Crippen LogP contribution is -2.16. The Hall–Kier alpha value is -2.56. The molecule has 0 aliphatic rings. The van der Waals surface area contributed by atoms with Crippen LogP contribution in [0.4, 0.5) is 5.00 Å². The van der Waals surface area contributed by atoms with Crippen molar-refractivity contribution in [1.29, 1.82) is 0 Å². The molecule has 1 amide bonds. The number of amides is 1. The van der Waals surface area contributed by atoms with Crippen molar-refractivity contribution in [1.82, 2.24) is 14.8 Å². The number of nitrogens with one attached hydrogen (secondary N) is 1. The van der Waals surface area contributed by atoms with Gasteiger partial charge in [-0.15, -0.1) is 21.5 Å². The predicted molar refractivity (Wildman–Crippen MR) is 131 cm³/mol. The van der Waals surface area contributed by atoms with Crippen molar-refractivity contribution in [2.75, 3.05) is 18.2 Å². The normalized spacial score (nSPS) is 10.8. The number of aromatic nitrogens is 3. The van der Waals surface area contributed by atoms with Crippen LogP contribution in [0.25, 0.3) is 0 Å². The number of hydrogen-bond donors (Lipinski definition) is 1. The van der Waals surface area contributed by atoms with Crippen LogP contribution in [-0.4, -0.2) is 39.5 Å². The maximum Gasteiger partial charge on any atom is 0.341 e. The lowest BCUT2D eigenvalue weighted by Gasteiger charge is -2.09. The van der Waals surface area contributed by atoms with E-state index in [1.165, 1.54) is 30.2 Å². The highest BCUT2D eigenvalue weighted by Crippen LogP contribution is 2.34. The first-order chi connectivity index (χ1) is 15.7. The zero-order valence-electron chi connectivity index (χ0n) is 19.0.